The molecule has 0 saturated carbocycles. The third-order valence-corrected chi connectivity index (χ3v) is 3.41. The van der Waals surface area contributed by atoms with Crippen molar-refractivity contribution in [3.8, 4) is 0 Å². The van der Waals surface area contributed by atoms with E-state index >= 15 is 0 Å². The van der Waals surface area contributed by atoms with Crippen LogP contribution in [-0.2, 0) is 25.6 Å². The number of ether oxygens (including phenoxy) is 2. The van der Waals surface area contributed by atoms with Crippen LogP contribution >= 0.6 is 0 Å². The van der Waals surface area contributed by atoms with Crippen LogP contribution in [-0.4, -0.2) is 61.1 Å². The highest BCUT2D eigenvalue weighted by Gasteiger charge is 2.18. The number of hydrogen-bond donors (Lipinski definition) is 1. The van der Waals surface area contributed by atoms with Crippen LogP contribution in [0.5, 0.6) is 0 Å². The summed E-state index contributed by atoms with van der Waals surface area (Å²) < 4.78 is 10.9. The number of methoxy groups -OCH3 is 1. The average molecular weight is 324 g/mol. The second kappa shape index (κ2) is 7.73. The maximum Gasteiger partial charge on any atom is 0.328 e. The summed E-state index contributed by atoms with van der Waals surface area (Å²) in [5.41, 5.74) is -0.386. The topological polar surface area (TPSA) is 103 Å². The molecule has 0 aromatic carbocycles. The van der Waals surface area contributed by atoms with E-state index in [9.17, 15) is 14.4 Å². The number of aromatic nitrogens is 2. The Morgan fingerprint density at radius 2 is 2.09 bits per heavy atom. The lowest BCUT2D eigenvalue weighted by Crippen LogP contribution is -2.43. The number of nitrogens with one attached hydrogen (secondary N) is 1. The van der Waals surface area contributed by atoms with Gasteiger partial charge in [0.2, 0.25) is 5.91 Å². The summed E-state index contributed by atoms with van der Waals surface area (Å²) in [5, 5.41) is 6.66. The predicted octanol–water partition coefficient (Wildman–Crippen LogP) is -1.24. The molecule has 1 unspecified atom stereocenters. The number of carbonyl (C=O) groups is 2. The number of amides is 1. The first-order chi connectivity index (χ1) is 11.0. The highest BCUT2D eigenvalue weighted by Crippen LogP contribution is 2.09. The van der Waals surface area contributed by atoms with Gasteiger partial charge in [0.05, 0.1) is 20.3 Å². The van der Waals surface area contributed by atoms with Crippen LogP contribution in [0.25, 0.3) is 0 Å². The van der Waals surface area contributed by atoms with Gasteiger partial charge in [-0.05, 0) is 13.0 Å². The van der Waals surface area contributed by atoms with Crippen LogP contribution in [0, 0.1) is 0 Å². The van der Waals surface area contributed by atoms with Gasteiger partial charge in [-0.3, -0.25) is 9.59 Å². The zero-order chi connectivity index (χ0) is 16.8. The summed E-state index contributed by atoms with van der Waals surface area (Å²) in [6.07, 6.45) is 0. The Morgan fingerprint density at radius 3 is 2.74 bits per heavy atom. The van der Waals surface area contributed by atoms with Crippen LogP contribution in [0.3, 0.4) is 0 Å². The largest absolute Gasteiger partial charge is 0.467 e. The third-order valence-electron chi connectivity index (χ3n) is 3.41. The normalized spacial score (nSPS) is 15.8. The standard InChI is InChI=1S/C14H20N4O5/c1-10(14(21)22-2)15-12(19)9-18-13(20)4-3-11(16-18)17-5-7-23-8-6-17/h3-4,10H,5-9H2,1-2H3,(H,15,19). The molecule has 1 atom stereocenters. The molecule has 0 aliphatic carbocycles. The average Bonchev–Trinajstić information content (AvgIpc) is 2.56. The van der Waals surface area contributed by atoms with Gasteiger partial charge in [0.1, 0.15) is 18.4 Å². The van der Waals surface area contributed by atoms with Gasteiger partial charge in [-0.1, -0.05) is 0 Å². The summed E-state index contributed by atoms with van der Waals surface area (Å²) >= 11 is 0. The molecule has 2 rings (SSSR count). The van der Waals surface area contributed by atoms with Crippen molar-refractivity contribution in [2.24, 2.45) is 0 Å². The van der Waals surface area contributed by atoms with Gasteiger partial charge < -0.3 is 19.7 Å². The quantitative estimate of drug-likeness (QED) is 0.676. The lowest BCUT2D eigenvalue weighted by molar-refractivity contribution is -0.144. The molecule has 1 fully saturated rings. The second-order valence-corrected chi connectivity index (χ2v) is 5.10. The number of rotatable bonds is 5. The molecule has 9 heteroatoms. The smallest absolute Gasteiger partial charge is 0.328 e. The van der Waals surface area contributed by atoms with E-state index in [-0.39, 0.29) is 12.1 Å². The minimum atomic E-state index is -0.786. The first kappa shape index (κ1) is 16.9. The van der Waals surface area contributed by atoms with E-state index < -0.39 is 17.9 Å². The van der Waals surface area contributed by atoms with Gasteiger partial charge in [-0.25, -0.2) is 9.48 Å². The molecule has 1 aliphatic rings. The van der Waals surface area contributed by atoms with E-state index in [1.54, 1.807) is 6.07 Å². The maximum absolute atomic E-state index is 11.9. The molecule has 0 radical (unpaired) electrons. The van der Waals surface area contributed by atoms with Crippen LogP contribution in [0.15, 0.2) is 16.9 Å². The first-order valence-corrected chi connectivity index (χ1v) is 7.29. The zero-order valence-corrected chi connectivity index (χ0v) is 13.2. The highest BCUT2D eigenvalue weighted by atomic mass is 16.5. The van der Waals surface area contributed by atoms with Crippen molar-refractivity contribution in [2.45, 2.75) is 19.5 Å². The Labute approximate surface area is 133 Å². The SMILES string of the molecule is COC(=O)C(C)NC(=O)Cn1nc(N2CCOCC2)ccc1=O. The lowest BCUT2D eigenvalue weighted by Gasteiger charge is -2.27. The third kappa shape index (κ3) is 4.52. The molecule has 23 heavy (non-hydrogen) atoms. The van der Waals surface area contributed by atoms with Gasteiger partial charge in [-0.15, -0.1) is 0 Å². The van der Waals surface area contributed by atoms with Gasteiger partial charge >= 0.3 is 5.97 Å². The molecular weight excluding hydrogens is 304 g/mol. The number of nitrogens with zero attached hydrogens (tertiary/aromatic N) is 3. The molecule has 1 aromatic heterocycles. The van der Waals surface area contributed by atoms with Crippen LogP contribution in [0.1, 0.15) is 6.92 Å². The van der Waals surface area contributed by atoms with Crippen LogP contribution in [0.4, 0.5) is 5.82 Å². The number of hydrogen-bond acceptors (Lipinski definition) is 7. The minimum Gasteiger partial charge on any atom is -0.467 e. The Hall–Kier alpha value is -2.42. The molecule has 1 aromatic rings. The van der Waals surface area contributed by atoms with Crippen LogP contribution in [0.2, 0.25) is 0 Å². The highest BCUT2D eigenvalue weighted by molar-refractivity contribution is 5.83. The molecule has 0 spiro atoms. The minimum absolute atomic E-state index is 0.266. The molecule has 1 amide bonds. The fourth-order valence-corrected chi connectivity index (χ4v) is 2.17. The molecule has 1 N–H and O–H groups in total. The fraction of sp³-hybridized carbons (Fsp3) is 0.571. The summed E-state index contributed by atoms with van der Waals surface area (Å²) in [6.45, 7) is 3.78. The summed E-state index contributed by atoms with van der Waals surface area (Å²) in [4.78, 5) is 37.1. The molecule has 126 valence electrons. The number of morpholine rings is 1. The Morgan fingerprint density at radius 1 is 1.39 bits per heavy atom. The van der Waals surface area contributed by atoms with Gasteiger partial charge in [0.15, 0.2) is 0 Å². The van der Waals surface area contributed by atoms with Gasteiger partial charge in [0.25, 0.3) is 5.56 Å². The van der Waals surface area contributed by atoms with Crippen molar-refractivity contribution in [2.75, 3.05) is 38.3 Å². The molecule has 1 saturated heterocycles. The van der Waals surface area contributed by atoms with E-state index in [0.717, 1.165) is 4.68 Å². The van der Waals surface area contributed by atoms with Crippen molar-refractivity contribution in [1.82, 2.24) is 15.1 Å². The van der Waals surface area contributed by atoms with Crippen molar-refractivity contribution in [3.63, 3.8) is 0 Å². The first-order valence-electron chi connectivity index (χ1n) is 7.29. The molecule has 0 bridgehead atoms. The fourth-order valence-electron chi connectivity index (χ4n) is 2.17. The molecule has 1 aliphatic heterocycles. The van der Waals surface area contributed by atoms with Crippen molar-refractivity contribution < 1.29 is 19.1 Å². The number of anilines is 1. The van der Waals surface area contributed by atoms with Crippen molar-refractivity contribution in [3.05, 3.63) is 22.5 Å². The maximum atomic E-state index is 11.9. The Kier molecular flexibility index (Phi) is 5.69. The summed E-state index contributed by atoms with van der Waals surface area (Å²) in [6, 6.07) is 2.21. The predicted molar refractivity (Wildman–Crippen MR) is 81.1 cm³/mol. The van der Waals surface area contributed by atoms with Crippen LogP contribution < -0.4 is 15.8 Å². The number of carbonyl (C=O) groups excluding carboxylic acids is 2. The van der Waals surface area contributed by atoms with E-state index in [0.29, 0.717) is 32.1 Å². The monoisotopic (exact) mass is 324 g/mol. The summed E-state index contributed by atoms with van der Waals surface area (Å²) in [7, 11) is 1.24. The lowest BCUT2D eigenvalue weighted by atomic mass is 10.3. The zero-order valence-electron chi connectivity index (χ0n) is 13.2. The van der Waals surface area contributed by atoms with Gasteiger partial charge in [-0.2, -0.15) is 5.10 Å². The van der Waals surface area contributed by atoms with Crippen molar-refractivity contribution >= 4 is 17.7 Å². The molecular formula is C14H20N4O5. The van der Waals surface area contributed by atoms with E-state index in [2.05, 4.69) is 15.2 Å². The Balaban J connectivity index is 2.05. The molecule has 2 heterocycles. The second-order valence-electron chi connectivity index (χ2n) is 5.10. The van der Waals surface area contributed by atoms with E-state index in [1.165, 1.54) is 20.1 Å². The summed E-state index contributed by atoms with van der Waals surface area (Å²) in [5.74, 6) is -0.431. The van der Waals surface area contributed by atoms with E-state index in [1.807, 2.05) is 4.90 Å². The van der Waals surface area contributed by atoms with E-state index in [4.69, 9.17) is 4.74 Å². The van der Waals surface area contributed by atoms with Gasteiger partial charge in [0, 0.05) is 19.2 Å². The van der Waals surface area contributed by atoms with Crippen molar-refractivity contribution in [1.29, 1.82) is 0 Å². The Bertz CT molecular complexity index is 624. The molecule has 9 nitrogen and oxygen atoms in total. The number of esters is 1.